The summed E-state index contributed by atoms with van der Waals surface area (Å²) in [4.78, 5) is 9.67. The van der Waals surface area contributed by atoms with Crippen molar-refractivity contribution in [3.8, 4) is 0 Å². The third-order valence-electron chi connectivity index (χ3n) is 20.6. The summed E-state index contributed by atoms with van der Waals surface area (Å²) in [6, 6.07) is 114. The summed E-state index contributed by atoms with van der Waals surface area (Å²) in [6.45, 7) is 15.3. The molecule has 0 fully saturated rings. The fraction of sp³-hybridized carbons (Fsp3) is 0.0833. The van der Waals surface area contributed by atoms with Crippen molar-refractivity contribution in [3.05, 3.63) is 359 Å². The molecule has 0 saturated carbocycles. The van der Waals surface area contributed by atoms with E-state index < -0.39 is 0 Å². The molecule has 0 aliphatic heterocycles. The van der Waals surface area contributed by atoms with Crippen LogP contribution < -0.4 is 19.6 Å². The summed E-state index contributed by atoms with van der Waals surface area (Å²) in [6.07, 6.45) is 0.671. The second-order valence-corrected chi connectivity index (χ2v) is 27.8. The van der Waals surface area contributed by atoms with E-state index in [-0.39, 0.29) is 0 Å². The molecule has 6 nitrogen and oxygen atoms in total. The summed E-state index contributed by atoms with van der Waals surface area (Å²) < 4.78 is 14.8. The molecule has 2 aromatic heterocycles. The Labute approximate surface area is 594 Å². The third-order valence-corrected chi connectivity index (χ3v) is 20.6. The summed E-state index contributed by atoms with van der Waals surface area (Å²) in [5, 5.41) is 13.4. The lowest BCUT2D eigenvalue weighted by Gasteiger charge is -2.29. The Kier molecular flexibility index (Phi) is 15.1. The van der Waals surface area contributed by atoms with Gasteiger partial charge in [-0.05, 0) is 217 Å². The van der Waals surface area contributed by atoms with Crippen molar-refractivity contribution in [3.63, 3.8) is 0 Å². The van der Waals surface area contributed by atoms with Crippen LogP contribution in [0, 0.1) is 48.5 Å². The third kappa shape index (κ3) is 10.6. The molecular weight excluding hydrogens is 1240 g/mol. The van der Waals surface area contributed by atoms with Gasteiger partial charge in [0.05, 0.1) is 22.7 Å². The van der Waals surface area contributed by atoms with Crippen molar-refractivity contribution in [1.82, 2.24) is 0 Å². The molecule has 0 saturated heterocycles. The first kappa shape index (κ1) is 61.7. The van der Waals surface area contributed by atoms with Crippen LogP contribution in [0.15, 0.2) is 318 Å². The van der Waals surface area contributed by atoms with E-state index in [1.54, 1.807) is 0 Å². The van der Waals surface area contributed by atoms with Crippen LogP contribution in [-0.2, 0) is 6.42 Å². The Balaban J connectivity index is 0.817. The van der Waals surface area contributed by atoms with Gasteiger partial charge < -0.3 is 28.4 Å². The standard InChI is InChI=1S/C96H74N4O2/c1-60-24-18-32-69(48-60)97(70-33-19-25-61(2)49-70)85-56-89-93(78-41-13-10-38-75(78)85)94-79-42-14-11-39-76(79)86(57-90(94)101-89)98(71-34-20-26-62(3)50-71)74-37-23-31-67(54-74)53-68-46-47-81-82(55-68)88(100(73-36-22-28-64(5)52-73)84-45-17-9-30-66(84)7)59-92-96(81)95-80-43-15-12-40-77(80)87(58-91(95)102-92)99(72-35-21-27-63(4)51-72)83-44-16-8-29-65(83)6/h8-52,54-59H,53H2,1-7H3. The lowest BCUT2D eigenvalue weighted by atomic mass is 9.94. The van der Waals surface area contributed by atoms with E-state index in [1.807, 2.05) is 0 Å². The van der Waals surface area contributed by atoms with Crippen molar-refractivity contribution >= 4 is 155 Å². The lowest BCUT2D eigenvalue weighted by molar-refractivity contribution is 0.669. The number of nitrogens with zero attached hydrogens (tertiary/aromatic N) is 4. The number of furan rings is 2. The Morgan fingerprint density at radius 3 is 0.853 bits per heavy atom. The Morgan fingerprint density at radius 1 is 0.206 bits per heavy atom. The van der Waals surface area contributed by atoms with Gasteiger partial charge in [-0.1, -0.05) is 194 Å². The topological polar surface area (TPSA) is 39.2 Å². The number of hydrogen-bond acceptors (Lipinski definition) is 6. The van der Waals surface area contributed by atoms with Gasteiger partial charge in [0.25, 0.3) is 0 Å². The molecule has 16 aromatic carbocycles. The molecule has 0 spiro atoms. The average Bonchev–Trinajstić information content (AvgIpc) is 1.53. The molecule has 0 aliphatic rings. The second-order valence-electron chi connectivity index (χ2n) is 27.8. The molecule has 0 atom stereocenters. The summed E-state index contributed by atoms with van der Waals surface area (Å²) >= 11 is 0. The predicted octanol–water partition coefficient (Wildman–Crippen LogP) is 27.7. The first-order valence-electron chi connectivity index (χ1n) is 35.3. The zero-order valence-electron chi connectivity index (χ0n) is 58.3. The fourth-order valence-corrected chi connectivity index (χ4v) is 16.0. The van der Waals surface area contributed by atoms with Crippen LogP contribution in [0.2, 0.25) is 0 Å². The van der Waals surface area contributed by atoms with Crippen LogP contribution in [0.1, 0.15) is 50.1 Å². The normalized spacial score (nSPS) is 11.7. The summed E-state index contributed by atoms with van der Waals surface area (Å²) in [5.74, 6) is 0. The highest BCUT2D eigenvalue weighted by Gasteiger charge is 2.29. The number of aryl methyl sites for hydroxylation is 7. The van der Waals surface area contributed by atoms with Gasteiger partial charge in [-0.25, -0.2) is 0 Å². The first-order valence-corrected chi connectivity index (χ1v) is 35.3. The van der Waals surface area contributed by atoms with E-state index in [0.29, 0.717) is 6.42 Å². The van der Waals surface area contributed by atoms with Crippen LogP contribution in [0.3, 0.4) is 0 Å². The maximum atomic E-state index is 7.41. The second kappa shape index (κ2) is 25.0. The molecule has 2 heterocycles. The van der Waals surface area contributed by atoms with Gasteiger partial charge in [0.2, 0.25) is 0 Å². The number of benzene rings is 16. The number of anilines is 12. The van der Waals surface area contributed by atoms with E-state index in [4.69, 9.17) is 8.83 Å². The summed E-state index contributed by atoms with van der Waals surface area (Å²) in [7, 11) is 0. The van der Waals surface area contributed by atoms with Crippen LogP contribution in [0.4, 0.5) is 68.2 Å². The molecule has 18 rings (SSSR count). The van der Waals surface area contributed by atoms with Gasteiger partial charge in [0, 0.05) is 113 Å². The SMILES string of the molecule is Cc1cccc(N(c2cccc(C)c2)c2cc3oc4cc(N(c5cccc(C)c5)c5cccc(Cc6ccc7c(c6)c(N(c6cccc(C)c6)c6ccccc6C)cc6oc8cc(N(c9cccc(C)c9)c9ccccc9C)c9ccccc9c8c67)c5)c5ccccc5c4c3c3ccccc23)c1. The molecule has 102 heavy (non-hydrogen) atoms. The maximum absolute atomic E-state index is 7.41. The van der Waals surface area contributed by atoms with Crippen LogP contribution in [-0.4, -0.2) is 0 Å². The van der Waals surface area contributed by atoms with Crippen molar-refractivity contribution in [2.24, 2.45) is 0 Å². The van der Waals surface area contributed by atoms with Crippen LogP contribution >= 0.6 is 0 Å². The molecule has 18 aromatic rings. The predicted molar refractivity (Wildman–Crippen MR) is 432 cm³/mol. The van der Waals surface area contributed by atoms with Gasteiger partial charge in [-0.2, -0.15) is 0 Å². The quantitative estimate of drug-likeness (QED) is 0.108. The highest BCUT2D eigenvalue weighted by atomic mass is 16.3. The molecule has 0 unspecified atom stereocenters. The Morgan fingerprint density at radius 2 is 0.490 bits per heavy atom. The number of hydrogen-bond donors (Lipinski definition) is 0. The van der Waals surface area contributed by atoms with Crippen LogP contribution in [0.5, 0.6) is 0 Å². The minimum absolute atomic E-state index is 0.671. The molecule has 0 N–H and O–H groups in total. The number of rotatable bonds is 14. The van der Waals surface area contributed by atoms with Gasteiger partial charge in [0.1, 0.15) is 22.3 Å². The fourth-order valence-electron chi connectivity index (χ4n) is 16.0. The van der Waals surface area contributed by atoms with Crippen LogP contribution in [0.25, 0.3) is 87.0 Å². The largest absolute Gasteiger partial charge is 0.456 e. The van der Waals surface area contributed by atoms with Crippen molar-refractivity contribution in [2.75, 3.05) is 19.6 Å². The molecule has 0 bridgehead atoms. The van der Waals surface area contributed by atoms with Gasteiger partial charge >= 0.3 is 0 Å². The van der Waals surface area contributed by atoms with E-state index in [9.17, 15) is 0 Å². The molecule has 0 aliphatic carbocycles. The van der Waals surface area contributed by atoms with Crippen molar-refractivity contribution < 1.29 is 8.83 Å². The molecule has 0 radical (unpaired) electrons. The average molecular weight is 1320 g/mol. The minimum atomic E-state index is 0.671. The molecule has 6 heteroatoms. The lowest BCUT2D eigenvalue weighted by Crippen LogP contribution is -2.12. The van der Waals surface area contributed by atoms with E-state index in [1.165, 1.54) is 50.1 Å². The Hall–Kier alpha value is -12.6. The highest BCUT2D eigenvalue weighted by Crippen LogP contribution is 2.53. The molecular formula is C96H74N4O2. The zero-order valence-corrected chi connectivity index (χ0v) is 58.3. The van der Waals surface area contributed by atoms with Gasteiger partial charge in [-0.15, -0.1) is 0 Å². The first-order chi connectivity index (χ1) is 49.9. The maximum Gasteiger partial charge on any atom is 0.138 e. The minimum Gasteiger partial charge on any atom is -0.456 e. The molecule has 0 amide bonds. The number of para-hydroxylation sites is 2. The summed E-state index contributed by atoms with van der Waals surface area (Å²) in [5.41, 5.74) is 26.8. The van der Waals surface area contributed by atoms with Gasteiger partial charge in [-0.3, -0.25) is 0 Å². The van der Waals surface area contributed by atoms with E-state index >= 15 is 0 Å². The van der Waals surface area contributed by atoms with E-state index in [0.717, 1.165) is 155 Å². The van der Waals surface area contributed by atoms with E-state index in [2.05, 4.69) is 377 Å². The smallest absolute Gasteiger partial charge is 0.138 e. The molecule has 490 valence electrons. The van der Waals surface area contributed by atoms with Crippen molar-refractivity contribution in [2.45, 2.75) is 54.9 Å². The highest BCUT2D eigenvalue weighted by molar-refractivity contribution is 6.32. The van der Waals surface area contributed by atoms with Crippen molar-refractivity contribution in [1.29, 1.82) is 0 Å². The monoisotopic (exact) mass is 1310 g/mol. The Bertz CT molecular complexity index is 6350. The van der Waals surface area contributed by atoms with Gasteiger partial charge in [0.15, 0.2) is 0 Å². The number of fused-ring (bicyclic) bond motifs is 14. The zero-order chi connectivity index (χ0) is 68.9.